The van der Waals surface area contributed by atoms with Crippen LogP contribution in [0.3, 0.4) is 0 Å². The Bertz CT molecular complexity index is 617. The summed E-state index contributed by atoms with van der Waals surface area (Å²) in [5.41, 5.74) is 0. The number of rotatable bonds is 6. The number of carbonyl (C=O) groups is 2. The first kappa shape index (κ1) is 19.8. The van der Waals surface area contributed by atoms with Crippen molar-refractivity contribution >= 4 is 35.0 Å². The third-order valence-electron chi connectivity index (χ3n) is 3.79. The van der Waals surface area contributed by atoms with E-state index in [-0.39, 0.29) is 24.5 Å². The second-order valence-corrected chi connectivity index (χ2v) is 7.09. The van der Waals surface area contributed by atoms with Crippen molar-refractivity contribution in [3.63, 3.8) is 0 Å². The minimum Gasteiger partial charge on any atom is -0.482 e. The van der Waals surface area contributed by atoms with Crippen LogP contribution >= 0.6 is 23.2 Å². The quantitative estimate of drug-likeness (QED) is 0.810. The van der Waals surface area contributed by atoms with Crippen LogP contribution in [-0.2, 0) is 9.59 Å². The van der Waals surface area contributed by atoms with Gasteiger partial charge in [-0.25, -0.2) is 0 Å². The zero-order valence-corrected chi connectivity index (χ0v) is 15.9. The highest BCUT2D eigenvalue weighted by atomic mass is 35.5. The summed E-state index contributed by atoms with van der Waals surface area (Å²) in [6, 6.07) is 5.01. The van der Waals surface area contributed by atoms with Crippen molar-refractivity contribution in [2.24, 2.45) is 0 Å². The molecular formula is C17H23Cl2N3O3. The summed E-state index contributed by atoms with van der Waals surface area (Å²) in [6.07, 6.45) is 0. The fourth-order valence-electron chi connectivity index (χ4n) is 2.54. The van der Waals surface area contributed by atoms with Crippen LogP contribution in [0.5, 0.6) is 5.75 Å². The molecule has 138 valence electrons. The summed E-state index contributed by atoms with van der Waals surface area (Å²) in [5.74, 6) is 0.294. The lowest BCUT2D eigenvalue weighted by Gasteiger charge is -2.34. The molecule has 25 heavy (non-hydrogen) atoms. The predicted octanol–water partition coefficient (Wildman–Crippen LogP) is 2.04. The van der Waals surface area contributed by atoms with Crippen molar-refractivity contribution in [3.05, 3.63) is 28.2 Å². The maximum atomic E-state index is 12.3. The van der Waals surface area contributed by atoms with Crippen molar-refractivity contribution in [1.29, 1.82) is 0 Å². The lowest BCUT2D eigenvalue weighted by atomic mass is 10.3. The Hall–Kier alpha value is -1.50. The summed E-state index contributed by atoms with van der Waals surface area (Å²) < 4.78 is 5.48. The number of piperazine rings is 1. The maximum Gasteiger partial charge on any atom is 0.260 e. The normalized spacial score (nSPS) is 15.3. The molecule has 6 nitrogen and oxygen atoms in total. The molecule has 0 radical (unpaired) electrons. The van der Waals surface area contributed by atoms with E-state index in [1.165, 1.54) is 0 Å². The van der Waals surface area contributed by atoms with Crippen LogP contribution in [0, 0.1) is 0 Å². The van der Waals surface area contributed by atoms with E-state index in [0.717, 1.165) is 0 Å². The van der Waals surface area contributed by atoms with E-state index < -0.39 is 0 Å². The van der Waals surface area contributed by atoms with E-state index in [0.29, 0.717) is 48.5 Å². The van der Waals surface area contributed by atoms with Gasteiger partial charge in [-0.1, -0.05) is 23.2 Å². The topological polar surface area (TPSA) is 61.9 Å². The van der Waals surface area contributed by atoms with Crippen LogP contribution < -0.4 is 10.1 Å². The largest absolute Gasteiger partial charge is 0.482 e. The van der Waals surface area contributed by atoms with Gasteiger partial charge in [0.25, 0.3) is 5.91 Å². The summed E-state index contributed by atoms with van der Waals surface area (Å²) >= 11 is 11.9. The van der Waals surface area contributed by atoms with Crippen LogP contribution in [0.25, 0.3) is 0 Å². The molecule has 1 heterocycles. The summed E-state index contributed by atoms with van der Waals surface area (Å²) in [6.45, 7) is 6.59. The molecule has 1 fully saturated rings. The average molecular weight is 388 g/mol. The molecule has 1 aromatic rings. The van der Waals surface area contributed by atoms with Gasteiger partial charge >= 0.3 is 0 Å². The zero-order chi connectivity index (χ0) is 18.4. The van der Waals surface area contributed by atoms with Gasteiger partial charge in [-0.3, -0.25) is 14.5 Å². The molecule has 0 saturated carbocycles. The Morgan fingerprint density at radius 1 is 1.20 bits per heavy atom. The van der Waals surface area contributed by atoms with Gasteiger partial charge in [-0.2, -0.15) is 0 Å². The van der Waals surface area contributed by atoms with Crippen molar-refractivity contribution in [3.8, 4) is 5.75 Å². The summed E-state index contributed by atoms with van der Waals surface area (Å²) in [7, 11) is 0. The van der Waals surface area contributed by atoms with E-state index in [1.807, 2.05) is 18.7 Å². The third-order valence-corrected chi connectivity index (χ3v) is 4.33. The Morgan fingerprint density at radius 2 is 1.88 bits per heavy atom. The van der Waals surface area contributed by atoms with Crippen molar-refractivity contribution < 1.29 is 14.3 Å². The molecule has 0 aliphatic carbocycles. The van der Waals surface area contributed by atoms with Crippen molar-refractivity contribution in [2.75, 3.05) is 39.3 Å². The van der Waals surface area contributed by atoms with E-state index in [9.17, 15) is 9.59 Å². The molecule has 1 aromatic carbocycles. The van der Waals surface area contributed by atoms with Crippen LogP contribution in [0.15, 0.2) is 18.2 Å². The molecule has 8 heteroatoms. The van der Waals surface area contributed by atoms with E-state index in [4.69, 9.17) is 27.9 Å². The molecule has 0 spiro atoms. The number of nitrogens with one attached hydrogen (secondary N) is 1. The lowest BCUT2D eigenvalue weighted by Crippen LogP contribution is -2.52. The highest BCUT2D eigenvalue weighted by Crippen LogP contribution is 2.27. The minimum atomic E-state index is -0.109. The van der Waals surface area contributed by atoms with Gasteiger partial charge in [0.15, 0.2) is 6.61 Å². The van der Waals surface area contributed by atoms with Gasteiger partial charge < -0.3 is 15.0 Å². The molecule has 1 aliphatic rings. The Kier molecular flexibility index (Phi) is 7.35. The molecular weight excluding hydrogens is 365 g/mol. The number of halogens is 2. The zero-order valence-electron chi connectivity index (χ0n) is 14.4. The first-order valence-corrected chi connectivity index (χ1v) is 8.98. The molecule has 2 rings (SSSR count). The number of hydrogen-bond donors (Lipinski definition) is 1. The molecule has 0 bridgehead atoms. The second kappa shape index (κ2) is 9.27. The molecule has 2 amide bonds. The van der Waals surface area contributed by atoms with Gasteiger partial charge in [-0.05, 0) is 26.0 Å². The average Bonchev–Trinajstić information content (AvgIpc) is 2.55. The molecule has 0 unspecified atom stereocenters. The van der Waals surface area contributed by atoms with E-state index >= 15 is 0 Å². The van der Waals surface area contributed by atoms with Crippen LogP contribution in [-0.4, -0.2) is 67.0 Å². The van der Waals surface area contributed by atoms with Crippen LogP contribution in [0.1, 0.15) is 13.8 Å². The fourth-order valence-corrected chi connectivity index (χ4v) is 2.88. The van der Waals surface area contributed by atoms with Crippen LogP contribution in [0.2, 0.25) is 10.0 Å². The molecule has 0 atom stereocenters. The van der Waals surface area contributed by atoms with E-state index in [2.05, 4.69) is 5.32 Å². The third kappa shape index (κ3) is 6.38. The number of amides is 2. The summed E-state index contributed by atoms with van der Waals surface area (Å²) in [5, 5.41) is 3.78. The molecule has 1 aliphatic heterocycles. The Morgan fingerprint density at radius 3 is 2.52 bits per heavy atom. The second-order valence-electron chi connectivity index (χ2n) is 6.24. The van der Waals surface area contributed by atoms with Crippen molar-refractivity contribution in [2.45, 2.75) is 19.9 Å². The number of hydrogen-bond acceptors (Lipinski definition) is 4. The fraction of sp³-hybridized carbons (Fsp3) is 0.529. The molecule has 1 saturated heterocycles. The van der Waals surface area contributed by atoms with Gasteiger partial charge in [0.1, 0.15) is 5.75 Å². The SMILES string of the molecule is CC(C)NC(=O)CN1CCN(C(=O)COc2cc(Cl)ccc2Cl)CC1. The highest BCUT2D eigenvalue weighted by molar-refractivity contribution is 6.34. The van der Waals surface area contributed by atoms with Gasteiger partial charge in [-0.15, -0.1) is 0 Å². The minimum absolute atomic E-state index is 0.00806. The number of ether oxygens (including phenoxy) is 1. The molecule has 0 aromatic heterocycles. The van der Waals surface area contributed by atoms with E-state index in [1.54, 1.807) is 23.1 Å². The summed E-state index contributed by atoms with van der Waals surface area (Å²) in [4.78, 5) is 27.8. The predicted molar refractivity (Wildman–Crippen MR) is 98.3 cm³/mol. The van der Waals surface area contributed by atoms with Gasteiger partial charge in [0.2, 0.25) is 5.91 Å². The number of nitrogens with zero attached hydrogens (tertiary/aromatic N) is 2. The molecule has 1 N–H and O–H groups in total. The first-order chi connectivity index (χ1) is 11.8. The standard InChI is InChI=1S/C17H23Cl2N3O3/c1-12(2)20-16(23)10-21-5-7-22(8-6-21)17(24)11-25-15-9-13(18)3-4-14(15)19/h3-4,9,12H,5-8,10-11H2,1-2H3,(H,20,23). The smallest absolute Gasteiger partial charge is 0.260 e. The Balaban J connectivity index is 1.75. The van der Waals surface area contributed by atoms with Gasteiger partial charge in [0, 0.05) is 43.3 Å². The lowest BCUT2D eigenvalue weighted by molar-refractivity contribution is -0.135. The van der Waals surface area contributed by atoms with Gasteiger partial charge in [0.05, 0.1) is 11.6 Å². The maximum absolute atomic E-state index is 12.3. The first-order valence-electron chi connectivity index (χ1n) is 8.22. The number of benzene rings is 1. The monoisotopic (exact) mass is 387 g/mol. The Labute approximate surface area is 158 Å². The van der Waals surface area contributed by atoms with Crippen molar-refractivity contribution in [1.82, 2.24) is 15.1 Å². The van der Waals surface area contributed by atoms with Crippen LogP contribution in [0.4, 0.5) is 0 Å². The highest BCUT2D eigenvalue weighted by Gasteiger charge is 2.23. The number of carbonyl (C=O) groups excluding carboxylic acids is 2.